The molecule has 2 rings (SSSR count). The van der Waals surface area contributed by atoms with Gasteiger partial charge in [0.25, 0.3) is 0 Å². The van der Waals surface area contributed by atoms with Crippen LogP contribution in [0.25, 0.3) is 0 Å². The van der Waals surface area contributed by atoms with Gasteiger partial charge in [-0.15, -0.1) is 0 Å². The molecule has 0 spiro atoms. The number of nitrogens with zero attached hydrogens (tertiary/aromatic N) is 1. The minimum atomic E-state index is -0.0000126. The lowest BCUT2D eigenvalue weighted by atomic mass is 10.00. The summed E-state index contributed by atoms with van der Waals surface area (Å²) in [5.74, 6) is 1.52. The molecule has 1 atom stereocenters. The zero-order valence-corrected chi connectivity index (χ0v) is 17.2. The molecule has 0 radical (unpaired) electrons. The van der Waals surface area contributed by atoms with Crippen LogP contribution in [0.15, 0.2) is 48.5 Å². The van der Waals surface area contributed by atoms with Crippen molar-refractivity contribution in [2.75, 3.05) is 20.7 Å². The van der Waals surface area contributed by atoms with Crippen molar-refractivity contribution in [2.24, 2.45) is 5.92 Å². The van der Waals surface area contributed by atoms with Crippen molar-refractivity contribution in [3.05, 3.63) is 65.2 Å². The van der Waals surface area contributed by atoms with Gasteiger partial charge in [-0.2, -0.15) is 0 Å². The van der Waals surface area contributed by atoms with Gasteiger partial charge in [0, 0.05) is 6.54 Å². The molecule has 1 N–H and O–H groups in total. The molecule has 4 nitrogen and oxygen atoms in total. The van der Waals surface area contributed by atoms with E-state index >= 15 is 0 Å². The third kappa shape index (κ3) is 7.06. The van der Waals surface area contributed by atoms with Crippen molar-refractivity contribution in [3.8, 4) is 5.75 Å². The molecule has 0 heterocycles. The molecule has 1 amide bonds. The van der Waals surface area contributed by atoms with Crippen LogP contribution in [0.5, 0.6) is 5.75 Å². The molecule has 27 heavy (non-hydrogen) atoms. The summed E-state index contributed by atoms with van der Waals surface area (Å²) in [5, 5.41) is 3.09. The van der Waals surface area contributed by atoms with Crippen LogP contribution in [0.1, 0.15) is 43.5 Å². The summed E-state index contributed by atoms with van der Waals surface area (Å²) in [6, 6.07) is 16.5. The van der Waals surface area contributed by atoms with E-state index in [0.717, 1.165) is 29.8 Å². The second-order valence-electron chi connectivity index (χ2n) is 7.65. The SMILES string of the molecule is COc1ccc(CN(C)CC(=O)N[C@@H](C)c2ccc(CC(C)C)cc2)cc1. The molecule has 0 aliphatic rings. The Kier molecular flexibility index (Phi) is 7.86. The molecule has 0 aliphatic carbocycles. The van der Waals surface area contributed by atoms with Gasteiger partial charge in [0.1, 0.15) is 5.75 Å². The number of hydrogen-bond donors (Lipinski definition) is 1. The highest BCUT2D eigenvalue weighted by Crippen LogP contribution is 2.16. The number of carbonyl (C=O) groups excluding carboxylic acids is 1. The van der Waals surface area contributed by atoms with Gasteiger partial charge in [-0.1, -0.05) is 50.2 Å². The largest absolute Gasteiger partial charge is 0.497 e. The van der Waals surface area contributed by atoms with Crippen LogP contribution >= 0.6 is 0 Å². The van der Waals surface area contributed by atoms with Crippen molar-refractivity contribution in [2.45, 2.75) is 39.8 Å². The first-order valence-corrected chi connectivity index (χ1v) is 9.57. The fourth-order valence-electron chi connectivity index (χ4n) is 3.13. The van der Waals surface area contributed by atoms with Gasteiger partial charge in [0.05, 0.1) is 19.7 Å². The summed E-state index contributed by atoms with van der Waals surface area (Å²) in [6.45, 7) is 7.55. The second-order valence-corrected chi connectivity index (χ2v) is 7.65. The maximum atomic E-state index is 12.4. The van der Waals surface area contributed by atoms with Gasteiger partial charge in [-0.3, -0.25) is 9.69 Å². The lowest BCUT2D eigenvalue weighted by Gasteiger charge is -2.19. The van der Waals surface area contributed by atoms with Crippen LogP contribution in [0, 0.1) is 5.92 Å². The van der Waals surface area contributed by atoms with Crippen molar-refractivity contribution >= 4 is 5.91 Å². The summed E-state index contributed by atoms with van der Waals surface area (Å²) in [4.78, 5) is 14.4. The fraction of sp³-hybridized carbons (Fsp3) is 0.435. The average molecular weight is 369 g/mol. The summed E-state index contributed by atoms with van der Waals surface area (Å²) in [7, 11) is 3.61. The number of rotatable bonds is 9. The highest BCUT2D eigenvalue weighted by Gasteiger charge is 2.12. The van der Waals surface area contributed by atoms with Crippen molar-refractivity contribution in [3.63, 3.8) is 0 Å². The maximum Gasteiger partial charge on any atom is 0.234 e. The van der Waals surface area contributed by atoms with Crippen LogP contribution in [-0.4, -0.2) is 31.5 Å². The fourth-order valence-corrected chi connectivity index (χ4v) is 3.13. The minimum Gasteiger partial charge on any atom is -0.497 e. The van der Waals surface area contributed by atoms with E-state index in [2.05, 4.69) is 43.4 Å². The van der Waals surface area contributed by atoms with E-state index in [1.165, 1.54) is 5.56 Å². The van der Waals surface area contributed by atoms with Gasteiger partial charge in [-0.25, -0.2) is 0 Å². The molecule has 0 unspecified atom stereocenters. The van der Waals surface area contributed by atoms with E-state index in [-0.39, 0.29) is 11.9 Å². The Morgan fingerprint density at radius 3 is 2.15 bits per heavy atom. The zero-order valence-electron chi connectivity index (χ0n) is 17.2. The Bertz CT molecular complexity index is 708. The Hall–Kier alpha value is -2.33. The molecule has 0 saturated carbocycles. The number of nitrogens with one attached hydrogen (secondary N) is 1. The number of likely N-dealkylation sites (N-methyl/N-ethyl adjacent to an activating group) is 1. The number of carbonyl (C=O) groups is 1. The first kappa shape index (κ1) is 21.0. The monoisotopic (exact) mass is 368 g/mol. The third-order valence-corrected chi connectivity index (χ3v) is 4.53. The van der Waals surface area contributed by atoms with E-state index in [9.17, 15) is 4.79 Å². The van der Waals surface area contributed by atoms with Gasteiger partial charge >= 0.3 is 0 Å². The van der Waals surface area contributed by atoms with Gasteiger partial charge in [-0.05, 0) is 55.1 Å². The number of amides is 1. The van der Waals surface area contributed by atoms with Crippen molar-refractivity contribution < 1.29 is 9.53 Å². The van der Waals surface area contributed by atoms with E-state index in [0.29, 0.717) is 12.5 Å². The quantitative estimate of drug-likeness (QED) is 0.721. The summed E-state index contributed by atoms with van der Waals surface area (Å²) in [5.41, 5.74) is 3.63. The lowest BCUT2D eigenvalue weighted by Crippen LogP contribution is -2.36. The predicted molar refractivity (Wildman–Crippen MR) is 111 cm³/mol. The molecule has 4 heteroatoms. The standard InChI is InChI=1S/C23H32N2O2/c1-17(2)14-19-6-10-21(11-7-19)18(3)24-23(26)16-25(4)15-20-8-12-22(27-5)13-9-20/h6-13,17-18H,14-16H2,1-5H3,(H,24,26)/t18-/m0/s1. The molecular weight excluding hydrogens is 336 g/mol. The Morgan fingerprint density at radius 2 is 1.59 bits per heavy atom. The van der Waals surface area contributed by atoms with Crippen LogP contribution in [0.4, 0.5) is 0 Å². The van der Waals surface area contributed by atoms with E-state index in [4.69, 9.17) is 4.74 Å². The first-order chi connectivity index (χ1) is 12.9. The van der Waals surface area contributed by atoms with Crippen LogP contribution in [0.2, 0.25) is 0 Å². The van der Waals surface area contributed by atoms with Crippen molar-refractivity contribution in [1.29, 1.82) is 0 Å². The van der Waals surface area contributed by atoms with Crippen molar-refractivity contribution in [1.82, 2.24) is 10.2 Å². The smallest absolute Gasteiger partial charge is 0.234 e. The normalized spacial score (nSPS) is 12.3. The topological polar surface area (TPSA) is 41.6 Å². The lowest BCUT2D eigenvalue weighted by molar-refractivity contribution is -0.122. The number of ether oxygens (including phenoxy) is 1. The van der Waals surface area contributed by atoms with Gasteiger partial charge in [0.15, 0.2) is 0 Å². The molecule has 146 valence electrons. The maximum absolute atomic E-state index is 12.4. The molecule has 0 fully saturated rings. The molecular formula is C23H32N2O2. The predicted octanol–water partition coefficient (Wildman–Crippen LogP) is 4.20. The molecule has 0 aromatic heterocycles. The second kappa shape index (κ2) is 10.1. The number of benzene rings is 2. The van der Waals surface area contributed by atoms with Crippen LogP contribution in [0.3, 0.4) is 0 Å². The molecule has 0 bridgehead atoms. The zero-order chi connectivity index (χ0) is 19.8. The number of methoxy groups -OCH3 is 1. The van der Waals surface area contributed by atoms with E-state index < -0.39 is 0 Å². The molecule has 0 aliphatic heterocycles. The Labute approximate surface area is 163 Å². The van der Waals surface area contributed by atoms with Crippen LogP contribution in [-0.2, 0) is 17.8 Å². The van der Waals surface area contributed by atoms with Gasteiger partial charge in [0.2, 0.25) is 5.91 Å². The minimum absolute atomic E-state index is 0.0000126. The average Bonchev–Trinajstić information content (AvgIpc) is 2.62. The molecule has 2 aromatic carbocycles. The highest BCUT2D eigenvalue weighted by atomic mass is 16.5. The molecule has 2 aromatic rings. The summed E-state index contributed by atoms with van der Waals surface area (Å²) >= 11 is 0. The third-order valence-electron chi connectivity index (χ3n) is 4.53. The van der Waals surface area contributed by atoms with Crippen LogP contribution < -0.4 is 10.1 Å². The molecule has 0 saturated heterocycles. The first-order valence-electron chi connectivity index (χ1n) is 9.57. The highest BCUT2D eigenvalue weighted by molar-refractivity contribution is 5.78. The van der Waals surface area contributed by atoms with E-state index in [1.807, 2.05) is 43.1 Å². The number of hydrogen-bond acceptors (Lipinski definition) is 3. The van der Waals surface area contributed by atoms with Gasteiger partial charge < -0.3 is 10.1 Å². The van der Waals surface area contributed by atoms with E-state index in [1.54, 1.807) is 7.11 Å². The summed E-state index contributed by atoms with van der Waals surface area (Å²) < 4.78 is 5.17. The Balaban J connectivity index is 1.82. The Morgan fingerprint density at radius 1 is 1.00 bits per heavy atom. The summed E-state index contributed by atoms with van der Waals surface area (Å²) in [6.07, 6.45) is 1.08.